The molecule has 1 spiro atoms. The Labute approximate surface area is 132 Å². The highest BCUT2D eigenvalue weighted by Crippen LogP contribution is 2.38. The molecule has 4 nitrogen and oxygen atoms in total. The Bertz CT molecular complexity index is 481. The molecule has 1 unspecified atom stereocenters. The first-order chi connectivity index (χ1) is 10.8. The largest absolute Gasteiger partial charge is 0.486 e. The molecule has 120 valence electrons. The first kappa shape index (κ1) is 14.5. The molecule has 4 rings (SSSR count). The Balaban J connectivity index is 1.27. The average molecular weight is 302 g/mol. The molecule has 0 N–H and O–H groups in total. The molecule has 1 aromatic heterocycles. The molecule has 1 aliphatic carbocycles. The molecule has 1 saturated carbocycles. The van der Waals surface area contributed by atoms with E-state index in [2.05, 4.69) is 9.88 Å². The predicted octanol–water partition coefficient (Wildman–Crippen LogP) is 2.88. The van der Waals surface area contributed by atoms with Gasteiger partial charge in [0, 0.05) is 32.3 Å². The Morgan fingerprint density at radius 2 is 2.18 bits per heavy atom. The lowest BCUT2D eigenvalue weighted by atomic mass is 9.83. The molecular weight excluding hydrogens is 276 g/mol. The van der Waals surface area contributed by atoms with Crippen LogP contribution in [0.2, 0.25) is 0 Å². The molecule has 0 aromatic carbocycles. The maximum Gasteiger partial charge on any atom is 0.138 e. The fourth-order valence-corrected chi connectivity index (χ4v) is 4.02. The molecule has 1 aromatic rings. The summed E-state index contributed by atoms with van der Waals surface area (Å²) >= 11 is 0. The summed E-state index contributed by atoms with van der Waals surface area (Å²) in [7, 11) is 0. The van der Waals surface area contributed by atoms with E-state index in [1.807, 2.05) is 12.1 Å². The Morgan fingerprint density at radius 1 is 1.32 bits per heavy atom. The molecule has 2 saturated heterocycles. The van der Waals surface area contributed by atoms with Crippen LogP contribution in [0.1, 0.15) is 38.5 Å². The van der Waals surface area contributed by atoms with E-state index in [1.165, 1.54) is 38.9 Å². The van der Waals surface area contributed by atoms with Crippen LogP contribution in [-0.2, 0) is 4.74 Å². The van der Waals surface area contributed by atoms with Gasteiger partial charge in [-0.25, -0.2) is 0 Å². The van der Waals surface area contributed by atoms with Crippen LogP contribution >= 0.6 is 0 Å². The SMILES string of the molecule is c1cncc(OC2COC3(CCN(CC4CCC4)CC3)C2)c1. The summed E-state index contributed by atoms with van der Waals surface area (Å²) < 4.78 is 12.2. The van der Waals surface area contributed by atoms with E-state index in [0.717, 1.165) is 37.5 Å². The van der Waals surface area contributed by atoms with E-state index >= 15 is 0 Å². The van der Waals surface area contributed by atoms with Gasteiger partial charge in [0.15, 0.2) is 0 Å². The molecule has 3 heterocycles. The second-order valence-corrected chi connectivity index (χ2v) is 7.22. The maximum atomic E-state index is 6.19. The van der Waals surface area contributed by atoms with Crippen molar-refractivity contribution in [2.75, 3.05) is 26.2 Å². The monoisotopic (exact) mass is 302 g/mol. The first-order valence-corrected chi connectivity index (χ1v) is 8.74. The summed E-state index contributed by atoms with van der Waals surface area (Å²) in [5, 5.41) is 0. The number of rotatable bonds is 4. The first-order valence-electron chi connectivity index (χ1n) is 8.74. The van der Waals surface area contributed by atoms with Gasteiger partial charge in [0.1, 0.15) is 11.9 Å². The van der Waals surface area contributed by atoms with E-state index in [-0.39, 0.29) is 11.7 Å². The van der Waals surface area contributed by atoms with Gasteiger partial charge < -0.3 is 14.4 Å². The van der Waals surface area contributed by atoms with Gasteiger partial charge in [-0.15, -0.1) is 0 Å². The highest BCUT2D eigenvalue weighted by Gasteiger charge is 2.43. The van der Waals surface area contributed by atoms with Gasteiger partial charge in [0.25, 0.3) is 0 Å². The zero-order valence-electron chi connectivity index (χ0n) is 13.2. The summed E-state index contributed by atoms with van der Waals surface area (Å²) in [5.41, 5.74) is 0.0724. The third-order valence-corrected chi connectivity index (χ3v) is 5.62. The highest BCUT2D eigenvalue weighted by molar-refractivity contribution is 5.16. The molecule has 1 atom stereocenters. The van der Waals surface area contributed by atoms with Gasteiger partial charge in [-0.2, -0.15) is 0 Å². The Kier molecular flexibility index (Phi) is 4.05. The van der Waals surface area contributed by atoms with Crippen LogP contribution in [0.3, 0.4) is 0 Å². The summed E-state index contributed by atoms with van der Waals surface area (Å²) in [4.78, 5) is 6.76. The van der Waals surface area contributed by atoms with Gasteiger partial charge >= 0.3 is 0 Å². The van der Waals surface area contributed by atoms with E-state index in [1.54, 1.807) is 12.4 Å². The molecule has 3 aliphatic rings. The van der Waals surface area contributed by atoms with E-state index in [0.29, 0.717) is 0 Å². The second-order valence-electron chi connectivity index (χ2n) is 7.22. The lowest BCUT2D eigenvalue weighted by Crippen LogP contribution is -2.46. The number of likely N-dealkylation sites (tertiary alicyclic amines) is 1. The number of hydrogen-bond acceptors (Lipinski definition) is 4. The minimum absolute atomic E-state index is 0.0724. The summed E-state index contributed by atoms with van der Waals surface area (Å²) in [6, 6.07) is 3.89. The summed E-state index contributed by atoms with van der Waals surface area (Å²) in [5.74, 6) is 1.83. The molecular formula is C18H26N2O2. The van der Waals surface area contributed by atoms with Crippen molar-refractivity contribution in [3.63, 3.8) is 0 Å². The lowest BCUT2D eigenvalue weighted by molar-refractivity contribution is -0.0478. The van der Waals surface area contributed by atoms with Crippen LogP contribution in [-0.4, -0.2) is 47.8 Å². The van der Waals surface area contributed by atoms with Crippen molar-refractivity contribution in [1.29, 1.82) is 0 Å². The van der Waals surface area contributed by atoms with Crippen LogP contribution in [0.15, 0.2) is 24.5 Å². The standard InChI is InChI=1S/C18H26N2O2/c1-3-15(4-1)13-20-9-6-18(7-10-20)11-17(14-21-18)22-16-5-2-8-19-12-16/h2,5,8,12,15,17H,1,3-4,6-7,9-11,13-14H2. The summed E-state index contributed by atoms with van der Waals surface area (Å²) in [6.45, 7) is 4.41. The number of hydrogen-bond donors (Lipinski definition) is 0. The number of ether oxygens (including phenoxy) is 2. The number of aromatic nitrogens is 1. The van der Waals surface area contributed by atoms with Gasteiger partial charge in [-0.1, -0.05) is 6.42 Å². The van der Waals surface area contributed by atoms with Crippen molar-refractivity contribution >= 4 is 0 Å². The van der Waals surface area contributed by atoms with Gasteiger partial charge in [0.05, 0.1) is 18.4 Å². The highest BCUT2D eigenvalue weighted by atomic mass is 16.6. The van der Waals surface area contributed by atoms with Crippen LogP contribution < -0.4 is 4.74 Å². The lowest BCUT2D eigenvalue weighted by Gasteiger charge is -2.41. The van der Waals surface area contributed by atoms with Crippen molar-refractivity contribution in [1.82, 2.24) is 9.88 Å². The number of nitrogens with zero attached hydrogens (tertiary/aromatic N) is 2. The topological polar surface area (TPSA) is 34.6 Å². The minimum Gasteiger partial charge on any atom is -0.486 e. The quantitative estimate of drug-likeness (QED) is 0.856. The second kappa shape index (κ2) is 6.17. The number of pyridine rings is 1. The van der Waals surface area contributed by atoms with Crippen molar-refractivity contribution in [3.8, 4) is 5.75 Å². The average Bonchev–Trinajstić information content (AvgIpc) is 2.89. The molecule has 2 aliphatic heterocycles. The third-order valence-electron chi connectivity index (χ3n) is 5.62. The smallest absolute Gasteiger partial charge is 0.138 e. The Hall–Kier alpha value is -1.13. The van der Waals surface area contributed by atoms with Crippen molar-refractivity contribution in [2.24, 2.45) is 5.92 Å². The third kappa shape index (κ3) is 3.13. The van der Waals surface area contributed by atoms with Crippen LogP contribution in [0, 0.1) is 5.92 Å². The van der Waals surface area contributed by atoms with E-state index < -0.39 is 0 Å². The molecule has 0 radical (unpaired) electrons. The maximum absolute atomic E-state index is 6.19. The molecule has 0 amide bonds. The van der Waals surface area contributed by atoms with Crippen LogP contribution in [0.4, 0.5) is 0 Å². The minimum atomic E-state index is 0.0724. The van der Waals surface area contributed by atoms with Gasteiger partial charge in [-0.3, -0.25) is 4.98 Å². The molecule has 0 bridgehead atoms. The van der Waals surface area contributed by atoms with Crippen molar-refractivity contribution in [3.05, 3.63) is 24.5 Å². The molecule has 3 fully saturated rings. The van der Waals surface area contributed by atoms with Crippen molar-refractivity contribution in [2.45, 2.75) is 50.2 Å². The van der Waals surface area contributed by atoms with E-state index in [9.17, 15) is 0 Å². The molecule has 22 heavy (non-hydrogen) atoms. The number of piperidine rings is 1. The fourth-order valence-electron chi connectivity index (χ4n) is 4.02. The van der Waals surface area contributed by atoms with Gasteiger partial charge in [-0.05, 0) is 43.7 Å². The van der Waals surface area contributed by atoms with Crippen molar-refractivity contribution < 1.29 is 9.47 Å². The zero-order chi connectivity index (χ0) is 14.8. The van der Waals surface area contributed by atoms with Gasteiger partial charge in [0.2, 0.25) is 0 Å². The fraction of sp³-hybridized carbons (Fsp3) is 0.722. The molecule has 4 heteroatoms. The zero-order valence-corrected chi connectivity index (χ0v) is 13.2. The Morgan fingerprint density at radius 3 is 2.86 bits per heavy atom. The van der Waals surface area contributed by atoms with E-state index in [4.69, 9.17) is 9.47 Å². The predicted molar refractivity (Wildman–Crippen MR) is 85.0 cm³/mol. The van der Waals surface area contributed by atoms with Crippen LogP contribution in [0.25, 0.3) is 0 Å². The normalized spacial score (nSPS) is 28.6. The van der Waals surface area contributed by atoms with Crippen LogP contribution in [0.5, 0.6) is 5.75 Å². The summed E-state index contributed by atoms with van der Waals surface area (Å²) in [6.07, 6.45) is 11.4.